The summed E-state index contributed by atoms with van der Waals surface area (Å²) in [5.74, 6) is 0.727. The van der Waals surface area contributed by atoms with Crippen molar-refractivity contribution in [1.82, 2.24) is 10.6 Å². The van der Waals surface area contributed by atoms with E-state index >= 15 is 0 Å². The van der Waals surface area contributed by atoms with Gasteiger partial charge in [-0.2, -0.15) is 0 Å². The van der Waals surface area contributed by atoms with Crippen LogP contribution in [0.4, 0.5) is 4.79 Å². The molecule has 0 heterocycles. The Hall–Kier alpha value is -0.770. The zero-order valence-electron chi connectivity index (χ0n) is 10.8. The first kappa shape index (κ1) is 15.2. The Balaban J connectivity index is 3.46. The third-order valence-electron chi connectivity index (χ3n) is 2.42. The fourth-order valence-corrected chi connectivity index (χ4v) is 1.46. The van der Waals surface area contributed by atoms with E-state index in [1.807, 2.05) is 6.92 Å². The van der Waals surface area contributed by atoms with Crippen LogP contribution in [-0.4, -0.2) is 30.3 Å². The van der Waals surface area contributed by atoms with Crippen molar-refractivity contribution in [2.75, 3.05) is 13.2 Å². The van der Waals surface area contributed by atoms with Gasteiger partial charge in [0.2, 0.25) is 0 Å². The molecule has 0 aromatic heterocycles. The van der Waals surface area contributed by atoms with Crippen LogP contribution in [0.1, 0.15) is 46.5 Å². The lowest BCUT2D eigenvalue weighted by Crippen LogP contribution is -2.41. The van der Waals surface area contributed by atoms with Gasteiger partial charge < -0.3 is 15.7 Å². The summed E-state index contributed by atoms with van der Waals surface area (Å²) in [5.41, 5.74) is 0. The summed E-state index contributed by atoms with van der Waals surface area (Å²) in [6.45, 7) is 7.08. The molecular formula is C12H26N2O2. The van der Waals surface area contributed by atoms with Crippen molar-refractivity contribution >= 4 is 6.03 Å². The van der Waals surface area contributed by atoms with Crippen LogP contribution in [0.5, 0.6) is 0 Å². The van der Waals surface area contributed by atoms with Crippen LogP contribution in [0.15, 0.2) is 0 Å². The quantitative estimate of drug-likeness (QED) is 0.558. The van der Waals surface area contributed by atoms with Crippen molar-refractivity contribution in [2.45, 2.75) is 52.5 Å². The molecule has 0 aliphatic rings. The van der Waals surface area contributed by atoms with Crippen molar-refractivity contribution in [3.63, 3.8) is 0 Å². The highest BCUT2D eigenvalue weighted by Gasteiger charge is 2.06. The highest BCUT2D eigenvalue weighted by molar-refractivity contribution is 5.74. The minimum Gasteiger partial charge on any atom is -0.396 e. The number of aliphatic hydroxyl groups is 1. The molecule has 2 amide bonds. The molecule has 0 spiro atoms. The summed E-state index contributed by atoms with van der Waals surface area (Å²) >= 11 is 0. The third kappa shape index (κ3) is 9.77. The average Bonchev–Trinajstić information content (AvgIpc) is 2.17. The predicted octanol–water partition coefficient (Wildman–Crippen LogP) is 1.88. The van der Waals surface area contributed by atoms with E-state index in [2.05, 4.69) is 24.5 Å². The van der Waals surface area contributed by atoms with Gasteiger partial charge in [-0.15, -0.1) is 0 Å². The molecule has 16 heavy (non-hydrogen) atoms. The molecule has 0 radical (unpaired) electrons. The molecular weight excluding hydrogens is 204 g/mol. The molecule has 0 fully saturated rings. The highest BCUT2D eigenvalue weighted by atomic mass is 16.3. The van der Waals surface area contributed by atoms with Gasteiger partial charge in [-0.1, -0.05) is 26.7 Å². The minimum absolute atomic E-state index is 0.115. The molecule has 1 unspecified atom stereocenters. The molecule has 0 saturated heterocycles. The molecule has 4 heteroatoms. The van der Waals surface area contributed by atoms with E-state index in [9.17, 15) is 4.79 Å². The fourth-order valence-electron chi connectivity index (χ4n) is 1.46. The topological polar surface area (TPSA) is 61.4 Å². The molecule has 96 valence electrons. The van der Waals surface area contributed by atoms with Gasteiger partial charge in [0.05, 0.1) is 0 Å². The highest BCUT2D eigenvalue weighted by Crippen LogP contribution is 2.07. The Morgan fingerprint density at radius 3 is 2.44 bits per heavy atom. The fraction of sp³-hybridized carbons (Fsp3) is 0.917. The lowest BCUT2D eigenvalue weighted by Gasteiger charge is -2.15. The number of hydrogen-bond donors (Lipinski definition) is 3. The third-order valence-corrected chi connectivity index (χ3v) is 2.42. The second-order valence-electron chi connectivity index (χ2n) is 4.70. The van der Waals surface area contributed by atoms with Gasteiger partial charge in [-0.3, -0.25) is 0 Å². The Morgan fingerprint density at radius 1 is 1.19 bits per heavy atom. The van der Waals surface area contributed by atoms with Crippen molar-refractivity contribution in [3.8, 4) is 0 Å². The number of urea groups is 1. The van der Waals surface area contributed by atoms with Crippen LogP contribution in [-0.2, 0) is 0 Å². The molecule has 0 bridgehead atoms. The number of amides is 2. The lowest BCUT2D eigenvalue weighted by atomic mass is 10.0. The van der Waals surface area contributed by atoms with Crippen LogP contribution < -0.4 is 10.6 Å². The average molecular weight is 230 g/mol. The summed E-state index contributed by atoms with van der Waals surface area (Å²) < 4.78 is 0. The second-order valence-corrected chi connectivity index (χ2v) is 4.70. The second kappa shape index (κ2) is 9.46. The summed E-state index contributed by atoms with van der Waals surface area (Å²) in [4.78, 5) is 11.3. The number of carbonyl (C=O) groups excluding carboxylic acids is 1. The summed E-state index contributed by atoms with van der Waals surface area (Å²) in [6.07, 6.45) is 3.98. The Morgan fingerprint density at radius 2 is 1.88 bits per heavy atom. The van der Waals surface area contributed by atoms with Crippen LogP contribution in [0, 0.1) is 5.92 Å². The zero-order chi connectivity index (χ0) is 12.4. The molecule has 0 aliphatic heterocycles. The first-order chi connectivity index (χ1) is 7.56. The molecule has 0 aromatic rings. The van der Waals surface area contributed by atoms with Gasteiger partial charge in [-0.25, -0.2) is 4.79 Å². The van der Waals surface area contributed by atoms with E-state index in [1.165, 1.54) is 6.42 Å². The monoisotopic (exact) mass is 230 g/mol. The van der Waals surface area contributed by atoms with Crippen molar-refractivity contribution < 1.29 is 9.90 Å². The van der Waals surface area contributed by atoms with E-state index in [0.717, 1.165) is 18.8 Å². The maximum Gasteiger partial charge on any atom is 0.314 e. The number of nitrogens with one attached hydrogen (secondary N) is 2. The lowest BCUT2D eigenvalue weighted by molar-refractivity contribution is 0.234. The molecule has 0 aliphatic carbocycles. The predicted molar refractivity (Wildman–Crippen MR) is 66.4 cm³/mol. The number of aliphatic hydroxyl groups excluding tert-OH is 1. The molecule has 3 N–H and O–H groups in total. The van der Waals surface area contributed by atoms with Gasteiger partial charge in [-0.05, 0) is 25.7 Å². The Labute approximate surface area is 98.8 Å². The van der Waals surface area contributed by atoms with Crippen molar-refractivity contribution in [2.24, 2.45) is 5.92 Å². The summed E-state index contributed by atoms with van der Waals surface area (Å²) in [6, 6.07) is 0.0818. The standard InChI is InChI=1S/C12H26N2O2/c1-10(2)6-4-7-11(3)14-12(16)13-8-5-9-15/h10-11,15H,4-9H2,1-3H3,(H2,13,14,16). The molecule has 0 saturated carbocycles. The maximum absolute atomic E-state index is 11.3. The SMILES string of the molecule is CC(C)CCCC(C)NC(=O)NCCCO. The van der Waals surface area contributed by atoms with Gasteiger partial charge >= 0.3 is 6.03 Å². The van der Waals surface area contributed by atoms with Crippen molar-refractivity contribution in [3.05, 3.63) is 0 Å². The van der Waals surface area contributed by atoms with Gasteiger partial charge in [0, 0.05) is 19.2 Å². The van der Waals surface area contributed by atoms with E-state index < -0.39 is 0 Å². The maximum atomic E-state index is 11.3. The van der Waals surface area contributed by atoms with Crippen LogP contribution in [0.2, 0.25) is 0 Å². The smallest absolute Gasteiger partial charge is 0.314 e. The van der Waals surface area contributed by atoms with Crippen molar-refractivity contribution in [1.29, 1.82) is 0 Å². The first-order valence-corrected chi connectivity index (χ1v) is 6.21. The molecule has 1 atom stereocenters. The Kier molecular flexibility index (Phi) is 9.00. The summed E-state index contributed by atoms with van der Waals surface area (Å²) in [7, 11) is 0. The number of rotatable bonds is 8. The van der Waals surface area contributed by atoms with Crippen LogP contribution in [0.3, 0.4) is 0 Å². The number of hydrogen-bond acceptors (Lipinski definition) is 2. The van der Waals surface area contributed by atoms with E-state index in [0.29, 0.717) is 13.0 Å². The molecule has 0 aromatic carbocycles. The summed E-state index contributed by atoms with van der Waals surface area (Å²) in [5, 5.41) is 14.1. The zero-order valence-corrected chi connectivity index (χ0v) is 10.8. The largest absolute Gasteiger partial charge is 0.396 e. The molecule has 4 nitrogen and oxygen atoms in total. The molecule has 0 rings (SSSR count). The van der Waals surface area contributed by atoms with Crippen LogP contribution >= 0.6 is 0 Å². The van der Waals surface area contributed by atoms with Gasteiger partial charge in [0.1, 0.15) is 0 Å². The first-order valence-electron chi connectivity index (χ1n) is 6.21. The van der Waals surface area contributed by atoms with E-state index in [1.54, 1.807) is 0 Å². The van der Waals surface area contributed by atoms with E-state index in [4.69, 9.17) is 5.11 Å². The minimum atomic E-state index is -0.134. The van der Waals surface area contributed by atoms with Crippen LogP contribution in [0.25, 0.3) is 0 Å². The van der Waals surface area contributed by atoms with Gasteiger partial charge in [0.25, 0.3) is 0 Å². The number of carbonyl (C=O) groups is 1. The van der Waals surface area contributed by atoms with Gasteiger partial charge in [0.15, 0.2) is 0 Å². The Bertz CT molecular complexity index is 184. The normalized spacial score (nSPS) is 12.6. The van der Waals surface area contributed by atoms with E-state index in [-0.39, 0.29) is 18.7 Å².